The van der Waals surface area contributed by atoms with E-state index in [-0.39, 0.29) is 11.3 Å². The molecule has 0 aliphatic heterocycles. The van der Waals surface area contributed by atoms with Gasteiger partial charge in [0.1, 0.15) is 5.75 Å². The third-order valence-corrected chi connectivity index (χ3v) is 3.32. The van der Waals surface area contributed by atoms with Gasteiger partial charge in [-0.05, 0) is 42.5 Å². The molecule has 0 spiro atoms. The molecule has 0 heterocycles. The lowest BCUT2D eigenvalue weighted by Gasteiger charge is -2.10. The van der Waals surface area contributed by atoms with Gasteiger partial charge >= 0.3 is 18.1 Å². The molecule has 2 amide bonds. The summed E-state index contributed by atoms with van der Waals surface area (Å²) < 4.78 is 46.6. The van der Waals surface area contributed by atoms with Crippen LogP contribution in [0, 0.1) is 0 Å². The zero-order chi connectivity index (χ0) is 20.7. The number of amides is 2. The fourth-order valence-electron chi connectivity index (χ4n) is 2.01. The zero-order valence-electron chi connectivity index (χ0n) is 14.5. The summed E-state index contributed by atoms with van der Waals surface area (Å²) in [4.78, 5) is 34.7. The van der Waals surface area contributed by atoms with Crippen LogP contribution < -0.4 is 15.4 Å². The van der Waals surface area contributed by atoms with Crippen molar-refractivity contribution in [3.63, 3.8) is 0 Å². The average Bonchev–Trinajstić information content (AvgIpc) is 2.66. The monoisotopic (exact) mass is 396 g/mol. The first kappa shape index (κ1) is 20.7. The third kappa shape index (κ3) is 6.01. The largest absolute Gasteiger partial charge is 0.497 e. The molecule has 0 aliphatic carbocycles. The van der Waals surface area contributed by atoms with Gasteiger partial charge < -0.3 is 20.1 Å². The van der Waals surface area contributed by atoms with Crippen molar-refractivity contribution < 1.29 is 37.0 Å². The van der Waals surface area contributed by atoms with Crippen LogP contribution >= 0.6 is 0 Å². The Kier molecular flexibility index (Phi) is 6.59. The molecular weight excluding hydrogens is 381 g/mol. The molecule has 2 aromatic carbocycles. The maximum Gasteiger partial charge on any atom is 0.471 e. The highest BCUT2D eigenvalue weighted by Gasteiger charge is 2.38. The highest BCUT2D eigenvalue weighted by molar-refractivity contribution is 5.98. The van der Waals surface area contributed by atoms with Gasteiger partial charge in [-0.3, -0.25) is 9.59 Å². The van der Waals surface area contributed by atoms with E-state index < -0.39 is 30.6 Å². The van der Waals surface area contributed by atoms with Gasteiger partial charge in [0.05, 0.1) is 12.7 Å². The minimum Gasteiger partial charge on any atom is -0.497 e. The van der Waals surface area contributed by atoms with Gasteiger partial charge in [-0.1, -0.05) is 6.07 Å². The first-order valence-corrected chi connectivity index (χ1v) is 7.78. The van der Waals surface area contributed by atoms with Crippen LogP contribution in [0.4, 0.5) is 24.5 Å². The number of hydrogen-bond donors (Lipinski definition) is 2. The average molecular weight is 396 g/mol. The number of benzene rings is 2. The highest BCUT2D eigenvalue weighted by Crippen LogP contribution is 2.19. The van der Waals surface area contributed by atoms with E-state index in [9.17, 15) is 27.6 Å². The quantitative estimate of drug-likeness (QED) is 0.733. The molecular formula is C18H15F3N2O5. The van der Waals surface area contributed by atoms with Crippen molar-refractivity contribution in [3.8, 4) is 5.75 Å². The number of ether oxygens (including phenoxy) is 2. The Morgan fingerprint density at radius 2 is 1.64 bits per heavy atom. The standard InChI is InChI=1S/C18H15F3N2O5/c1-27-14-7-5-12(6-8-14)22-15(24)10-28-16(25)11-3-2-4-13(9-11)23-17(26)18(19,20)21/h2-9H,10H2,1H3,(H,22,24)(H,23,26). The number of hydrogen-bond acceptors (Lipinski definition) is 5. The lowest BCUT2D eigenvalue weighted by molar-refractivity contribution is -0.167. The number of methoxy groups -OCH3 is 1. The number of nitrogens with one attached hydrogen (secondary N) is 2. The van der Waals surface area contributed by atoms with Gasteiger partial charge in [0, 0.05) is 11.4 Å². The molecule has 0 fully saturated rings. The highest BCUT2D eigenvalue weighted by atomic mass is 19.4. The van der Waals surface area contributed by atoms with Crippen LogP contribution in [0.1, 0.15) is 10.4 Å². The number of anilines is 2. The molecule has 148 valence electrons. The van der Waals surface area contributed by atoms with Gasteiger partial charge in [-0.15, -0.1) is 0 Å². The van der Waals surface area contributed by atoms with Crippen LogP contribution in [-0.2, 0) is 14.3 Å². The van der Waals surface area contributed by atoms with E-state index in [2.05, 4.69) is 5.32 Å². The van der Waals surface area contributed by atoms with Crippen LogP contribution in [0.5, 0.6) is 5.75 Å². The van der Waals surface area contributed by atoms with Crippen molar-refractivity contribution in [2.45, 2.75) is 6.18 Å². The van der Waals surface area contributed by atoms with E-state index in [0.29, 0.717) is 11.4 Å². The molecule has 7 nitrogen and oxygen atoms in total. The predicted molar refractivity (Wildman–Crippen MR) is 93.0 cm³/mol. The second kappa shape index (κ2) is 8.89. The van der Waals surface area contributed by atoms with E-state index in [1.165, 1.54) is 25.3 Å². The first-order chi connectivity index (χ1) is 13.2. The van der Waals surface area contributed by atoms with Crippen molar-refractivity contribution in [3.05, 3.63) is 54.1 Å². The molecule has 2 rings (SSSR count). The number of carbonyl (C=O) groups excluding carboxylic acids is 3. The fourth-order valence-corrected chi connectivity index (χ4v) is 2.01. The summed E-state index contributed by atoms with van der Waals surface area (Å²) in [6.45, 7) is -0.607. The van der Waals surface area contributed by atoms with E-state index in [4.69, 9.17) is 9.47 Å². The molecule has 0 saturated heterocycles. The van der Waals surface area contributed by atoms with Crippen LogP contribution in [0.2, 0.25) is 0 Å². The molecule has 0 aliphatic rings. The van der Waals surface area contributed by atoms with Crippen LogP contribution in [0.3, 0.4) is 0 Å². The number of rotatable bonds is 6. The molecule has 0 atom stereocenters. The second-order valence-electron chi connectivity index (χ2n) is 5.39. The summed E-state index contributed by atoms with van der Waals surface area (Å²) in [7, 11) is 1.50. The smallest absolute Gasteiger partial charge is 0.471 e. The van der Waals surface area contributed by atoms with Gasteiger partial charge in [-0.25, -0.2) is 4.79 Å². The topological polar surface area (TPSA) is 93.7 Å². The van der Waals surface area contributed by atoms with Gasteiger partial charge in [0.15, 0.2) is 6.61 Å². The summed E-state index contributed by atoms with van der Waals surface area (Å²) in [6.07, 6.45) is -5.06. The van der Waals surface area contributed by atoms with Crippen LogP contribution in [-0.4, -0.2) is 37.7 Å². The minimum absolute atomic E-state index is 0.128. The van der Waals surface area contributed by atoms with Crippen LogP contribution in [0.15, 0.2) is 48.5 Å². The lowest BCUT2D eigenvalue weighted by Crippen LogP contribution is -2.30. The molecule has 0 radical (unpaired) electrons. The molecule has 2 N–H and O–H groups in total. The number of alkyl halides is 3. The number of carbonyl (C=O) groups is 3. The Bertz CT molecular complexity index is 866. The van der Waals surface area contributed by atoms with Crippen molar-refractivity contribution in [1.29, 1.82) is 0 Å². The van der Waals surface area contributed by atoms with E-state index in [0.717, 1.165) is 6.07 Å². The molecule has 2 aromatic rings. The molecule has 0 unspecified atom stereocenters. The summed E-state index contributed by atoms with van der Waals surface area (Å²) >= 11 is 0. The van der Waals surface area contributed by atoms with Crippen molar-refractivity contribution in [2.75, 3.05) is 24.4 Å². The summed E-state index contributed by atoms with van der Waals surface area (Å²) in [5, 5.41) is 4.12. The Hall–Kier alpha value is -3.56. The molecule has 0 aromatic heterocycles. The van der Waals surface area contributed by atoms with Crippen molar-refractivity contribution >= 4 is 29.2 Å². The molecule has 10 heteroatoms. The Morgan fingerprint density at radius 3 is 2.25 bits per heavy atom. The maximum atomic E-state index is 12.3. The number of esters is 1. The number of halogens is 3. The Labute approximate surface area is 157 Å². The Morgan fingerprint density at radius 1 is 0.964 bits per heavy atom. The summed E-state index contributed by atoms with van der Waals surface area (Å²) in [6, 6.07) is 11.2. The second-order valence-corrected chi connectivity index (χ2v) is 5.39. The molecule has 0 bridgehead atoms. The van der Waals surface area contributed by atoms with Crippen LogP contribution in [0.25, 0.3) is 0 Å². The molecule has 0 saturated carbocycles. The Balaban J connectivity index is 1.90. The zero-order valence-corrected chi connectivity index (χ0v) is 14.5. The van der Waals surface area contributed by atoms with E-state index >= 15 is 0 Å². The normalized spacial score (nSPS) is 10.7. The first-order valence-electron chi connectivity index (χ1n) is 7.78. The van der Waals surface area contributed by atoms with Crippen molar-refractivity contribution in [2.24, 2.45) is 0 Å². The minimum atomic E-state index is -5.06. The lowest BCUT2D eigenvalue weighted by atomic mass is 10.2. The third-order valence-electron chi connectivity index (χ3n) is 3.32. The molecule has 28 heavy (non-hydrogen) atoms. The van der Waals surface area contributed by atoms with E-state index in [1.807, 2.05) is 0 Å². The van der Waals surface area contributed by atoms with Gasteiger partial charge in [0.2, 0.25) is 0 Å². The van der Waals surface area contributed by atoms with Crippen molar-refractivity contribution in [1.82, 2.24) is 0 Å². The van der Waals surface area contributed by atoms with E-state index in [1.54, 1.807) is 29.6 Å². The van der Waals surface area contributed by atoms with Gasteiger partial charge in [-0.2, -0.15) is 13.2 Å². The predicted octanol–water partition coefficient (Wildman–Crippen LogP) is 2.99. The van der Waals surface area contributed by atoms with Gasteiger partial charge in [0.25, 0.3) is 5.91 Å². The summed E-state index contributed by atoms with van der Waals surface area (Å²) in [5.74, 6) is -3.12. The SMILES string of the molecule is COc1ccc(NC(=O)COC(=O)c2cccc(NC(=O)C(F)(F)F)c2)cc1. The maximum absolute atomic E-state index is 12.3. The summed E-state index contributed by atoms with van der Waals surface area (Å²) in [5.41, 5.74) is 0.0930. The fraction of sp³-hybridized carbons (Fsp3) is 0.167.